The zero-order valence-corrected chi connectivity index (χ0v) is 15.0. The van der Waals surface area contributed by atoms with Gasteiger partial charge in [-0.3, -0.25) is 10.1 Å². The second kappa shape index (κ2) is 8.29. The summed E-state index contributed by atoms with van der Waals surface area (Å²) in [6, 6.07) is 6.67. The normalized spacial score (nSPS) is 15.2. The maximum absolute atomic E-state index is 10.7. The lowest BCUT2D eigenvalue weighted by Crippen LogP contribution is -2.12. The Morgan fingerprint density at radius 3 is 2.60 bits per heavy atom. The predicted molar refractivity (Wildman–Crippen MR) is 98.7 cm³/mol. The van der Waals surface area contributed by atoms with Crippen molar-refractivity contribution in [3.63, 3.8) is 0 Å². The first-order valence-electron chi connectivity index (χ1n) is 8.59. The average Bonchev–Trinajstić information content (AvgIpc) is 3.04. The van der Waals surface area contributed by atoms with E-state index in [4.69, 9.17) is 0 Å². The van der Waals surface area contributed by atoms with E-state index in [2.05, 4.69) is 21.3 Å². The van der Waals surface area contributed by atoms with Crippen molar-refractivity contribution in [2.45, 2.75) is 55.5 Å². The highest BCUT2D eigenvalue weighted by atomic mass is 32.2. The maximum Gasteiger partial charge on any atom is 0.269 e. The van der Waals surface area contributed by atoms with Crippen molar-refractivity contribution < 1.29 is 4.92 Å². The molecule has 3 rings (SSSR count). The third-order valence-electron chi connectivity index (χ3n) is 4.54. The minimum Gasteiger partial charge on any atom is -0.302 e. The van der Waals surface area contributed by atoms with Crippen LogP contribution in [-0.4, -0.2) is 19.7 Å². The summed E-state index contributed by atoms with van der Waals surface area (Å²) < 4.78 is 2.17. The summed E-state index contributed by atoms with van der Waals surface area (Å²) in [5.41, 5.74) is 1.14. The fraction of sp³-hybridized carbons (Fsp3) is 0.444. The second-order valence-electron chi connectivity index (χ2n) is 6.29. The Bertz CT molecular complexity index is 736. The number of thioether (sulfide) groups is 1. The van der Waals surface area contributed by atoms with E-state index in [1.807, 2.05) is 6.08 Å². The van der Waals surface area contributed by atoms with Crippen LogP contribution in [0.3, 0.4) is 0 Å². The van der Waals surface area contributed by atoms with E-state index >= 15 is 0 Å². The Morgan fingerprint density at radius 2 is 1.96 bits per heavy atom. The van der Waals surface area contributed by atoms with Crippen LogP contribution in [0.25, 0.3) is 0 Å². The number of nitro groups is 1. The average molecular weight is 358 g/mol. The zero-order valence-electron chi connectivity index (χ0n) is 14.1. The zero-order chi connectivity index (χ0) is 17.6. The van der Waals surface area contributed by atoms with Crippen molar-refractivity contribution >= 4 is 17.4 Å². The number of hydrogen-bond acceptors (Lipinski definition) is 5. The third kappa shape index (κ3) is 4.28. The van der Waals surface area contributed by atoms with Gasteiger partial charge in [0.25, 0.3) is 5.69 Å². The Kier molecular flexibility index (Phi) is 5.86. The molecule has 1 saturated carbocycles. The second-order valence-corrected chi connectivity index (χ2v) is 7.23. The van der Waals surface area contributed by atoms with Crippen LogP contribution in [0.15, 0.2) is 42.1 Å². The van der Waals surface area contributed by atoms with E-state index in [-0.39, 0.29) is 10.6 Å². The van der Waals surface area contributed by atoms with Crippen molar-refractivity contribution in [1.82, 2.24) is 14.8 Å². The Balaban J connectivity index is 1.72. The minimum atomic E-state index is -0.381. The predicted octanol–water partition coefficient (Wildman–Crippen LogP) is 4.71. The van der Waals surface area contributed by atoms with Crippen LogP contribution in [0.4, 0.5) is 5.69 Å². The first-order chi connectivity index (χ1) is 12.2. The van der Waals surface area contributed by atoms with Gasteiger partial charge in [-0.15, -0.1) is 16.8 Å². The molecule has 6 nitrogen and oxygen atoms in total. The van der Waals surface area contributed by atoms with E-state index in [0.29, 0.717) is 18.2 Å². The molecular weight excluding hydrogens is 336 g/mol. The van der Waals surface area contributed by atoms with Crippen LogP contribution in [0.1, 0.15) is 49.4 Å². The van der Waals surface area contributed by atoms with Crippen LogP contribution in [0, 0.1) is 10.1 Å². The van der Waals surface area contributed by atoms with Crippen LogP contribution in [-0.2, 0) is 12.3 Å². The van der Waals surface area contributed by atoms with Gasteiger partial charge in [0.15, 0.2) is 5.16 Å². The van der Waals surface area contributed by atoms with Crippen LogP contribution < -0.4 is 0 Å². The number of benzene rings is 1. The summed E-state index contributed by atoms with van der Waals surface area (Å²) in [6.07, 6.45) is 8.08. The van der Waals surface area contributed by atoms with E-state index < -0.39 is 0 Å². The van der Waals surface area contributed by atoms with Gasteiger partial charge < -0.3 is 4.57 Å². The van der Waals surface area contributed by atoms with Gasteiger partial charge >= 0.3 is 0 Å². The summed E-state index contributed by atoms with van der Waals surface area (Å²) in [5.74, 6) is 2.28. The van der Waals surface area contributed by atoms with Gasteiger partial charge in [-0.2, -0.15) is 0 Å². The summed E-state index contributed by atoms with van der Waals surface area (Å²) in [6.45, 7) is 4.57. The fourth-order valence-corrected chi connectivity index (χ4v) is 4.14. The largest absolute Gasteiger partial charge is 0.302 e. The fourth-order valence-electron chi connectivity index (χ4n) is 3.23. The minimum absolute atomic E-state index is 0.114. The molecule has 1 fully saturated rings. The van der Waals surface area contributed by atoms with Crippen LogP contribution in [0.2, 0.25) is 0 Å². The molecule has 0 saturated heterocycles. The Labute approximate surface area is 151 Å². The summed E-state index contributed by atoms with van der Waals surface area (Å²) in [5, 5.41) is 20.5. The lowest BCUT2D eigenvalue weighted by Gasteiger charge is -2.21. The van der Waals surface area contributed by atoms with E-state index in [0.717, 1.165) is 16.5 Å². The van der Waals surface area contributed by atoms with Gasteiger partial charge in [-0.1, -0.05) is 49.2 Å². The number of nitro benzene ring substituents is 1. The molecule has 0 aliphatic heterocycles. The van der Waals surface area contributed by atoms with E-state index in [1.165, 1.54) is 44.2 Å². The summed E-state index contributed by atoms with van der Waals surface area (Å²) in [4.78, 5) is 10.3. The van der Waals surface area contributed by atoms with Crippen molar-refractivity contribution in [1.29, 1.82) is 0 Å². The molecule has 1 aromatic heterocycles. The molecule has 2 aromatic rings. The molecule has 0 spiro atoms. The molecule has 0 bridgehead atoms. The van der Waals surface area contributed by atoms with Gasteiger partial charge in [0, 0.05) is 30.3 Å². The molecule has 0 radical (unpaired) electrons. The third-order valence-corrected chi connectivity index (χ3v) is 5.58. The molecule has 1 aromatic carbocycles. The number of hydrogen-bond donors (Lipinski definition) is 0. The first kappa shape index (κ1) is 17.7. The number of nitrogens with zero attached hydrogens (tertiary/aromatic N) is 4. The molecule has 25 heavy (non-hydrogen) atoms. The highest BCUT2D eigenvalue weighted by Gasteiger charge is 2.23. The van der Waals surface area contributed by atoms with E-state index in [1.54, 1.807) is 23.9 Å². The molecule has 0 amide bonds. The quantitative estimate of drug-likeness (QED) is 0.310. The smallest absolute Gasteiger partial charge is 0.269 e. The van der Waals surface area contributed by atoms with Gasteiger partial charge in [-0.25, -0.2) is 0 Å². The SMILES string of the molecule is C=CCn1c(SCc2ccc([N+](=O)[O-])cc2)nnc1C1CCCCC1. The monoisotopic (exact) mass is 358 g/mol. The van der Waals surface area contributed by atoms with Crippen molar-refractivity contribution in [2.75, 3.05) is 0 Å². The van der Waals surface area contributed by atoms with Gasteiger partial charge in [-0.05, 0) is 18.4 Å². The topological polar surface area (TPSA) is 73.8 Å². The number of non-ortho nitro benzene ring substituents is 1. The highest BCUT2D eigenvalue weighted by Crippen LogP contribution is 2.33. The molecule has 0 atom stereocenters. The van der Waals surface area contributed by atoms with Crippen LogP contribution >= 0.6 is 11.8 Å². The van der Waals surface area contributed by atoms with Gasteiger partial charge in [0.1, 0.15) is 5.82 Å². The lowest BCUT2D eigenvalue weighted by atomic mass is 9.89. The Hall–Kier alpha value is -2.15. The molecule has 0 unspecified atom stereocenters. The standard InChI is InChI=1S/C18H22N4O2S/c1-2-12-21-17(15-6-4-3-5-7-15)19-20-18(21)25-13-14-8-10-16(11-9-14)22(23)24/h2,8-11,15H,1,3-7,12-13H2. The first-order valence-corrected chi connectivity index (χ1v) is 9.57. The number of rotatable bonds is 7. The molecule has 0 N–H and O–H groups in total. The van der Waals surface area contributed by atoms with Gasteiger partial charge in [0.05, 0.1) is 4.92 Å². The molecule has 132 valence electrons. The number of allylic oxidation sites excluding steroid dienone is 1. The highest BCUT2D eigenvalue weighted by molar-refractivity contribution is 7.98. The van der Waals surface area contributed by atoms with Crippen molar-refractivity contribution in [2.24, 2.45) is 0 Å². The molecular formula is C18H22N4O2S. The van der Waals surface area contributed by atoms with Crippen LogP contribution in [0.5, 0.6) is 0 Å². The van der Waals surface area contributed by atoms with Crippen molar-refractivity contribution in [3.8, 4) is 0 Å². The number of aromatic nitrogens is 3. The lowest BCUT2D eigenvalue weighted by molar-refractivity contribution is -0.384. The van der Waals surface area contributed by atoms with Crippen molar-refractivity contribution in [3.05, 3.63) is 58.4 Å². The molecule has 1 aliphatic rings. The van der Waals surface area contributed by atoms with Gasteiger partial charge in [0.2, 0.25) is 0 Å². The maximum atomic E-state index is 10.7. The molecule has 7 heteroatoms. The Morgan fingerprint density at radius 1 is 1.24 bits per heavy atom. The summed E-state index contributed by atoms with van der Waals surface area (Å²) >= 11 is 1.61. The molecule has 1 heterocycles. The molecule has 1 aliphatic carbocycles. The van der Waals surface area contributed by atoms with E-state index in [9.17, 15) is 10.1 Å². The summed E-state index contributed by atoms with van der Waals surface area (Å²) in [7, 11) is 0.